The Morgan fingerprint density at radius 3 is 1.82 bits per heavy atom. The smallest absolute Gasteiger partial charge is 0.343 e. The molecule has 3 rings (SSSR count). The molecule has 0 unspecified atom stereocenters. The van der Waals surface area contributed by atoms with Gasteiger partial charge in [-0.15, -0.1) is 0 Å². The van der Waals surface area contributed by atoms with E-state index in [4.69, 9.17) is 9.47 Å². The van der Waals surface area contributed by atoms with Crippen molar-refractivity contribution in [2.45, 2.75) is 71.6 Å². The van der Waals surface area contributed by atoms with Crippen molar-refractivity contribution in [3.8, 4) is 22.6 Å². The number of carbonyl (C=O) groups excluding carboxylic acids is 1. The standard InChI is InChI=1S/C31H38O3/c1-3-5-7-8-9-10-11-25-12-20-30(21-13-25)34-31(32)28-16-14-26(15-17-28)27-18-22-29(23-19-27)33-24-6-4-2/h12-23H,3-11,24H2,1-2H3. The Labute approximate surface area is 205 Å². The van der Waals surface area contributed by atoms with E-state index in [0.29, 0.717) is 11.3 Å². The van der Waals surface area contributed by atoms with Gasteiger partial charge in [0, 0.05) is 0 Å². The fourth-order valence-electron chi connectivity index (χ4n) is 3.88. The first kappa shape index (κ1) is 25.6. The minimum absolute atomic E-state index is 0.338. The summed E-state index contributed by atoms with van der Waals surface area (Å²) in [5.41, 5.74) is 3.97. The number of ether oxygens (including phenoxy) is 2. The lowest BCUT2D eigenvalue weighted by Gasteiger charge is -2.08. The third-order valence-corrected chi connectivity index (χ3v) is 6.03. The lowest BCUT2D eigenvalue weighted by molar-refractivity contribution is 0.0734. The van der Waals surface area contributed by atoms with Gasteiger partial charge in [-0.05, 0) is 72.4 Å². The first-order chi connectivity index (χ1) is 16.7. The highest BCUT2D eigenvalue weighted by molar-refractivity contribution is 5.91. The molecule has 0 saturated carbocycles. The van der Waals surface area contributed by atoms with Crippen molar-refractivity contribution in [3.05, 3.63) is 83.9 Å². The number of hydrogen-bond donors (Lipinski definition) is 0. The summed E-state index contributed by atoms with van der Waals surface area (Å²) in [4.78, 5) is 12.6. The van der Waals surface area contributed by atoms with E-state index in [1.54, 1.807) is 0 Å². The van der Waals surface area contributed by atoms with Gasteiger partial charge in [0.05, 0.1) is 12.2 Å². The molecule has 0 amide bonds. The predicted octanol–water partition coefficient (Wildman–Crippen LogP) is 8.65. The van der Waals surface area contributed by atoms with Gasteiger partial charge in [-0.2, -0.15) is 0 Å². The van der Waals surface area contributed by atoms with E-state index in [0.717, 1.165) is 42.7 Å². The number of aryl methyl sites for hydroxylation is 1. The van der Waals surface area contributed by atoms with E-state index in [-0.39, 0.29) is 5.97 Å². The van der Waals surface area contributed by atoms with Crippen LogP contribution in [0.1, 0.15) is 81.1 Å². The third kappa shape index (κ3) is 8.37. The normalized spacial score (nSPS) is 10.8. The Hall–Kier alpha value is -3.07. The van der Waals surface area contributed by atoms with Gasteiger partial charge in [0.25, 0.3) is 0 Å². The van der Waals surface area contributed by atoms with Crippen molar-refractivity contribution in [2.75, 3.05) is 6.61 Å². The molecule has 0 spiro atoms. The second kappa shape index (κ2) is 14.2. The maximum Gasteiger partial charge on any atom is 0.343 e. The van der Waals surface area contributed by atoms with Gasteiger partial charge in [-0.3, -0.25) is 0 Å². The van der Waals surface area contributed by atoms with Crippen LogP contribution in [0.5, 0.6) is 11.5 Å². The molecule has 0 saturated heterocycles. The minimum Gasteiger partial charge on any atom is -0.494 e. The molecule has 3 heteroatoms. The van der Waals surface area contributed by atoms with E-state index in [2.05, 4.69) is 26.0 Å². The molecular weight excluding hydrogens is 420 g/mol. The predicted molar refractivity (Wildman–Crippen MR) is 141 cm³/mol. The zero-order valence-corrected chi connectivity index (χ0v) is 20.7. The van der Waals surface area contributed by atoms with E-state index in [1.807, 2.05) is 60.7 Å². The highest BCUT2D eigenvalue weighted by Gasteiger charge is 2.09. The van der Waals surface area contributed by atoms with Gasteiger partial charge < -0.3 is 9.47 Å². The molecule has 0 atom stereocenters. The van der Waals surface area contributed by atoms with Crippen LogP contribution in [0.3, 0.4) is 0 Å². The van der Waals surface area contributed by atoms with Crippen LogP contribution in [0, 0.1) is 0 Å². The van der Waals surface area contributed by atoms with Crippen LogP contribution in [0.2, 0.25) is 0 Å². The first-order valence-corrected chi connectivity index (χ1v) is 12.8. The molecule has 0 aliphatic heterocycles. The van der Waals surface area contributed by atoms with Crippen molar-refractivity contribution >= 4 is 5.97 Å². The van der Waals surface area contributed by atoms with Crippen LogP contribution in [0.15, 0.2) is 72.8 Å². The Morgan fingerprint density at radius 2 is 1.18 bits per heavy atom. The third-order valence-electron chi connectivity index (χ3n) is 6.03. The summed E-state index contributed by atoms with van der Waals surface area (Å²) in [6.45, 7) is 5.14. The molecule has 0 N–H and O–H groups in total. The maximum absolute atomic E-state index is 12.6. The maximum atomic E-state index is 12.6. The Morgan fingerprint density at radius 1 is 0.618 bits per heavy atom. The molecule has 3 aromatic carbocycles. The Balaban J connectivity index is 1.48. The summed E-state index contributed by atoms with van der Waals surface area (Å²) in [7, 11) is 0. The second-order valence-electron chi connectivity index (χ2n) is 8.85. The van der Waals surface area contributed by atoms with Gasteiger partial charge in [-0.25, -0.2) is 4.79 Å². The summed E-state index contributed by atoms with van der Waals surface area (Å²) >= 11 is 0. The van der Waals surface area contributed by atoms with Gasteiger partial charge in [-0.1, -0.05) is 88.8 Å². The summed E-state index contributed by atoms with van der Waals surface area (Å²) in [5.74, 6) is 1.13. The van der Waals surface area contributed by atoms with Crippen LogP contribution in [-0.2, 0) is 6.42 Å². The molecule has 0 radical (unpaired) electrons. The van der Waals surface area contributed by atoms with Crippen molar-refractivity contribution in [1.82, 2.24) is 0 Å². The van der Waals surface area contributed by atoms with Crippen molar-refractivity contribution in [2.24, 2.45) is 0 Å². The number of hydrogen-bond acceptors (Lipinski definition) is 3. The summed E-state index contributed by atoms with van der Waals surface area (Å²) in [5, 5.41) is 0. The molecule has 3 nitrogen and oxygen atoms in total. The highest BCUT2D eigenvalue weighted by atomic mass is 16.5. The largest absolute Gasteiger partial charge is 0.494 e. The number of benzene rings is 3. The van der Waals surface area contributed by atoms with Crippen molar-refractivity contribution < 1.29 is 14.3 Å². The highest BCUT2D eigenvalue weighted by Crippen LogP contribution is 2.24. The van der Waals surface area contributed by atoms with Crippen molar-refractivity contribution in [3.63, 3.8) is 0 Å². The van der Waals surface area contributed by atoms with Crippen LogP contribution in [-0.4, -0.2) is 12.6 Å². The fraction of sp³-hybridized carbons (Fsp3) is 0.387. The number of esters is 1. The van der Waals surface area contributed by atoms with Gasteiger partial charge in [0.15, 0.2) is 0 Å². The number of rotatable bonds is 14. The van der Waals surface area contributed by atoms with E-state index < -0.39 is 0 Å². The van der Waals surface area contributed by atoms with Crippen LogP contribution >= 0.6 is 0 Å². The van der Waals surface area contributed by atoms with Gasteiger partial charge in [0.2, 0.25) is 0 Å². The van der Waals surface area contributed by atoms with E-state index >= 15 is 0 Å². The average Bonchev–Trinajstić information content (AvgIpc) is 2.88. The monoisotopic (exact) mass is 458 g/mol. The molecule has 34 heavy (non-hydrogen) atoms. The summed E-state index contributed by atoms with van der Waals surface area (Å²) in [6.07, 6.45) is 11.0. The molecule has 0 aliphatic carbocycles. The molecule has 180 valence electrons. The lowest BCUT2D eigenvalue weighted by atomic mass is 10.0. The number of unbranched alkanes of at least 4 members (excludes halogenated alkanes) is 6. The second-order valence-corrected chi connectivity index (χ2v) is 8.85. The van der Waals surface area contributed by atoms with E-state index in [1.165, 1.54) is 44.1 Å². The van der Waals surface area contributed by atoms with Crippen molar-refractivity contribution in [1.29, 1.82) is 0 Å². The van der Waals surface area contributed by atoms with Gasteiger partial charge >= 0.3 is 5.97 Å². The van der Waals surface area contributed by atoms with Gasteiger partial charge in [0.1, 0.15) is 11.5 Å². The lowest BCUT2D eigenvalue weighted by Crippen LogP contribution is -2.08. The molecule has 0 aliphatic rings. The van der Waals surface area contributed by atoms with E-state index in [9.17, 15) is 4.79 Å². The zero-order chi connectivity index (χ0) is 24.0. The summed E-state index contributed by atoms with van der Waals surface area (Å²) < 4.78 is 11.3. The van der Waals surface area contributed by atoms with Crippen LogP contribution in [0.25, 0.3) is 11.1 Å². The minimum atomic E-state index is -0.338. The molecule has 0 fully saturated rings. The SMILES string of the molecule is CCCCCCCCc1ccc(OC(=O)c2ccc(-c3ccc(OCCCC)cc3)cc2)cc1. The Bertz CT molecular complexity index is 973. The quantitative estimate of drug-likeness (QED) is 0.138. The fourth-order valence-corrected chi connectivity index (χ4v) is 3.88. The average molecular weight is 459 g/mol. The molecule has 0 heterocycles. The van der Waals surface area contributed by atoms with Crippen LogP contribution in [0.4, 0.5) is 0 Å². The Kier molecular flexibility index (Phi) is 10.7. The topological polar surface area (TPSA) is 35.5 Å². The molecule has 0 aromatic heterocycles. The number of carbonyl (C=O) groups is 1. The molecular formula is C31H38O3. The molecule has 3 aromatic rings. The first-order valence-electron chi connectivity index (χ1n) is 12.8. The van der Waals surface area contributed by atoms with Crippen LogP contribution < -0.4 is 9.47 Å². The zero-order valence-electron chi connectivity index (χ0n) is 20.7. The molecule has 0 bridgehead atoms. The summed E-state index contributed by atoms with van der Waals surface area (Å²) in [6, 6.07) is 23.5.